The van der Waals surface area contributed by atoms with Gasteiger partial charge >= 0.3 is 0 Å². The van der Waals surface area contributed by atoms with E-state index in [0.717, 1.165) is 19.6 Å². The second-order valence-corrected chi connectivity index (χ2v) is 7.24. The van der Waals surface area contributed by atoms with E-state index in [1.807, 2.05) is 35.7 Å². The highest BCUT2D eigenvalue weighted by Gasteiger charge is 2.03. The van der Waals surface area contributed by atoms with Gasteiger partial charge in [0.1, 0.15) is 5.75 Å². The molecule has 0 aliphatic rings. The molecule has 0 fully saturated rings. The van der Waals surface area contributed by atoms with E-state index in [0.29, 0.717) is 26.0 Å². The van der Waals surface area contributed by atoms with Gasteiger partial charge in [0, 0.05) is 25.6 Å². The maximum Gasteiger partial charge on any atom is 0.220 e. The molecule has 1 N–H and O–H groups in total. The molecule has 0 spiro atoms. The molecule has 1 aromatic carbocycles. The zero-order valence-electron chi connectivity index (χ0n) is 11.3. The maximum atomic E-state index is 11.7. The first-order chi connectivity index (χ1) is 10.1. The molecule has 1 aromatic heterocycles. The lowest BCUT2D eigenvalue weighted by molar-refractivity contribution is -0.121. The minimum Gasteiger partial charge on any atom is -0.494 e. The topological polar surface area (TPSA) is 38.3 Å². The van der Waals surface area contributed by atoms with E-state index < -0.39 is 0 Å². The summed E-state index contributed by atoms with van der Waals surface area (Å²) in [5, 5.41) is 4.91. The molecule has 0 atom stereocenters. The SMILES string of the molecule is O=C(CCCOc1cccc(Br)c1)NCc1cc(Br)cs1. The number of benzene rings is 1. The Morgan fingerprint density at radius 3 is 2.81 bits per heavy atom. The third-order valence-corrected chi connectivity index (χ3v) is 4.89. The monoisotopic (exact) mass is 431 g/mol. The largest absolute Gasteiger partial charge is 0.494 e. The molecular weight excluding hydrogens is 418 g/mol. The fourth-order valence-corrected chi connectivity index (χ4v) is 3.47. The van der Waals surface area contributed by atoms with Gasteiger partial charge in [-0.25, -0.2) is 0 Å². The van der Waals surface area contributed by atoms with Gasteiger partial charge in [0.25, 0.3) is 0 Å². The van der Waals surface area contributed by atoms with Crippen LogP contribution in [0.25, 0.3) is 0 Å². The van der Waals surface area contributed by atoms with Crippen molar-refractivity contribution in [1.29, 1.82) is 0 Å². The summed E-state index contributed by atoms with van der Waals surface area (Å²) in [5.41, 5.74) is 0. The van der Waals surface area contributed by atoms with E-state index in [-0.39, 0.29) is 5.91 Å². The lowest BCUT2D eigenvalue weighted by Crippen LogP contribution is -2.22. The zero-order chi connectivity index (χ0) is 15.1. The van der Waals surface area contributed by atoms with Crippen LogP contribution in [0, 0.1) is 0 Å². The molecule has 21 heavy (non-hydrogen) atoms. The van der Waals surface area contributed by atoms with Crippen LogP contribution >= 0.6 is 43.2 Å². The Hall–Kier alpha value is -0.850. The Balaban J connectivity index is 1.61. The molecule has 112 valence electrons. The Kier molecular flexibility index (Phi) is 6.73. The smallest absolute Gasteiger partial charge is 0.220 e. The Morgan fingerprint density at radius 2 is 2.10 bits per heavy atom. The van der Waals surface area contributed by atoms with Gasteiger partial charge in [-0.2, -0.15) is 0 Å². The van der Waals surface area contributed by atoms with Crippen molar-refractivity contribution in [2.75, 3.05) is 6.61 Å². The number of carbonyl (C=O) groups is 1. The second-order valence-electron chi connectivity index (χ2n) is 4.42. The van der Waals surface area contributed by atoms with Gasteiger partial charge in [-0.05, 0) is 46.6 Å². The molecule has 1 heterocycles. The Bertz CT molecular complexity index is 601. The highest BCUT2D eigenvalue weighted by Crippen LogP contribution is 2.19. The molecule has 0 saturated heterocycles. The highest BCUT2D eigenvalue weighted by molar-refractivity contribution is 9.10. The second kappa shape index (κ2) is 8.56. The molecule has 3 nitrogen and oxygen atoms in total. The van der Waals surface area contributed by atoms with Crippen molar-refractivity contribution in [3.05, 3.63) is 49.5 Å². The predicted octanol–water partition coefficient (Wildman–Crippen LogP) is 4.75. The first-order valence-electron chi connectivity index (χ1n) is 6.51. The third-order valence-electron chi connectivity index (χ3n) is 2.69. The predicted molar refractivity (Wildman–Crippen MR) is 92.7 cm³/mol. The van der Waals surface area contributed by atoms with Crippen molar-refractivity contribution in [2.24, 2.45) is 0 Å². The van der Waals surface area contributed by atoms with E-state index in [1.165, 1.54) is 0 Å². The van der Waals surface area contributed by atoms with Crippen LogP contribution in [0.3, 0.4) is 0 Å². The van der Waals surface area contributed by atoms with E-state index in [4.69, 9.17) is 4.74 Å². The average Bonchev–Trinajstić information content (AvgIpc) is 2.87. The first kappa shape index (κ1) is 16.5. The Morgan fingerprint density at radius 1 is 1.24 bits per heavy atom. The zero-order valence-corrected chi connectivity index (χ0v) is 15.3. The van der Waals surface area contributed by atoms with Gasteiger partial charge in [0.15, 0.2) is 0 Å². The van der Waals surface area contributed by atoms with Crippen LogP contribution < -0.4 is 10.1 Å². The van der Waals surface area contributed by atoms with E-state index in [1.54, 1.807) is 11.3 Å². The summed E-state index contributed by atoms with van der Waals surface area (Å²) in [5.74, 6) is 0.866. The standard InChI is InChI=1S/C15H15Br2NO2S/c16-11-3-1-4-13(7-11)20-6-2-5-15(19)18-9-14-8-12(17)10-21-14/h1,3-4,7-8,10H,2,5-6,9H2,(H,18,19). The Labute approximate surface area is 145 Å². The maximum absolute atomic E-state index is 11.7. The van der Waals surface area contributed by atoms with Crippen LogP contribution in [0.5, 0.6) is 5.75 Å². The minimum absolute atomic E-state index is 0.0531. The van der Waals surface area contributed by atoms with Crippen LogP contribution in [0.4, 0.5) is 0 Å². The molecule has 2 aromatic rings. The number of nitrogens with one attached hydrogen (secondary N) is 1. The fourth-order valence-electron chi connectivity index (χ4n) is 1.70. The van der Waals surface area contributed by atoms with Crippen molar-refractivity contribution >= 4 is 49.1 Å². The van der Waals surface area contributed by atoms with Crippen LogP contribution in [-0.2, 0) is 11.3 Å². The summed E-state index contributed by atoms with van der Waals surface area (Å²) in [6, 6.07) is 9.70. The van der Waals surface area contributed by atoms with Gasteiger partial charge in [-0.3, -0.25) is 4.79 Å². The number of hydrogen-bond acceptors (Lipinski definition) is 3. The fraction of sp³-hybridized carbons (Fsp3) is 0.267. The molecule has 0 saturated carbocycles. The van der Waals surface area contributed by atoms with Crippen LogP contribution in [-0.4, -0.2) is 12.5 Å². The molecule has 0 unspecified atom stereocenters. The van der Waals surface area contributed by atoms with Crippen molar-refractivity contribution in [2.45, 2.75) is 19.4 Å². The van der Waals surface area contributed by atoms with Gasteiger partial charge in [0.05, 0.1) is 13.2 Å². The summed E-state index contributed by atoms with van der Waals surface area (Å²) in [4.78, 5) is 12.8. The summed E-state index contributed by atoms with van der Waals surface area (Å²) in [6.07, 6.45) is 1.17. The number of amides is 1. The van der Waals surface area contributed by atoms with Crippen molar-refractivity contribution in [1.82, 2.24) is 5.32 Å². The van der Waals surface area contributed by atoms with Crippen molar-refractivity contribution in [3.63, 3.8) is 0 Å². The molecule has 0 radical (unpaired) electrons. The summed E-state index contributed by atoms with van der Waals surface area (Å²) >= 11 is 8.42. The van der Waals surface area contributed by atoms with Gasteiger partial charge in [-0.1, -0.05) is 22.0 Å². The van der Waals surface area contributed by atoms with Crippen molar-refractivity contribution < 1.29 is 9.53 Å². The number of hydrogen-bond donors (Lipinski definition) is 1. The minimum atomic E-state index is 0.0531. The molecular formula is C15H15Br2NO2S. The quantitative estimate of drug-likeness (QED) is 0.641. The molecule has 0 bridgehead atoms. The van der Waals surface area contributed by atoms with E-state index >= 15 is 0 Å². The lowest BCUT2D eigenvalue weighted by Gasteiger charge is -2.07. The number of thiophene rings is 1. The summed E-state index contributed by atoms with van der Waals surface area (Å²) < 4.78 is 7.63. The summed E-state index contributed by atoms with van der Waals surface area (Å²) in [7, 11) is 0. The average molecular weight is 433 g/mol. The third kappa shape index (κ3) is 6.20. The van der Waals surface area contributed by atoms with Crippen molar-refractivity contribution in [3.8, 4) is 5.75 Å². The summed E-state index contributed by atoms with van der Waals surface area (Å²) in [6.45, 7) is 1.12. The van der Waals surface area contributed by atoms with Crippen LogP contribution in [0.1, 0.15) is 17.7 Å². The number of halogens is 2. The molecule has 1 amide bonds. The van der Waals surface area contributed by atoms with Crippen LogP contribution in [0.2, 0.25) is 0 Å². The van der Waals surface area contributed by atoms with E-state index in [9.17, 15) is 4.79 Å². The molecule has 6 heteroatoms. The van der Waals surface area contributed by atoms with Gasteiger partial charge in [0.2, 0.25) is 5.91 Å². The number of ether oxygens (including phenoxy) is 1. The number of rotatable bonds is 7. The lowest BCUT2D eigenvalue weighted by atomic mass is 10.3. The first-order valence-corrected chi connectivity index (χ1v) is 8.98. The van der Waals surface area contributed by atoms with Crippen LogP contribution in [0.15, 0.2) is 44.7 Å². The molecule has 0 aliphatic carbocycles. The number of carbonyl (C=O) groups excluding carboxylic acids is 1. The van der Waals surface area contributed by atoms with E-state index in [2.05, 4.69) is 37.2 Å². The molecule has 0 aliphatic heterocycles. The highest BCUT2D eigenvalue weighted by atomic mass is 79.9. The van der Waals surface area contributed by atoms with Gasteiger partial charge < -0.3 is 10.1 Å². The van der Waals surface area contributed by atoms with Gasteiger partial charge in [-0.15, -0.1) is 11.3 Å². The normalized spacial score (nSPS) is 10.4. The molecule has 2 rings (SSSR count).